The number of carbonyl (C=O) groups excluding carboxylic acids is 1. The predicted octanol–water partition coefficient (Wildman–Crippen LogP) is 2.03. The monoisotopic (exact) mass is 314 g/mol. The van der Waals surface area contributed by atoms with Gasteiger partial charge in [0.25, 0.3) is 5.91 Å². The Morgan fingerprint density at radius 1 is 1.32 bits per heavy atom. The third-order valence-corrected chi connectivity index (χ3v) is 5.66. The molecule has 0 unspecified atom stereocenters. The summed E-state index contributed by atoms with van der Waals surface area (Å²) >= 11 is 1.43. The SMILES string of the molecule is O=C(N[C@H]1CN2CCC1CC2)c1cnc(-c2cccnc2)s1. The van der Waals surface area contributed by atoms with Crippen LogP contribution in [0.1, 0.15) is 22.5 Å². The van der Waals surface area contributed by atoms with E-state index in [4.69, 9.17) is 0 Å². The molecular weight excluding hydrogens is 296 g/mol. The highest BCUT2D eigenvalue weighted by Crippen LogP contribution is 2.28. The fourth-order valence-electron chi connectivity index (χ4n) is 3.37. The lowest BCUT2D eigenvalue weighted by atomic mass is 9.84. The zero-order chi connectivity index (χ0) is 14.9. The number of hydrogen-bond donors (Lipinski definition) is 1. The minimum Gasteiger partial charge on any atom is -0.347 e. The Bertz CT molecular complexity index is 664. The number of piperidine rings is 3. The van der Waals surface area contributed by atoms with Gasteiger partial charge in [-0.1, -0.05) is 0 Å². The van der Waals surface area contributed by atoms with Crippen molar-refractivity contribution in [2.75, 3.05) is 19.6 Å². The van der Waals surface area contributed by atoms with Gasteiger partial charge in [-0.15, -0.1) is 11.3 Å². The molecule has 2 aromatic heterocycles. The van der Waals surface area contributed by atoms with Crippen LogP contribution < -0.4 is 5.32 Å². The van der Waals surface area contributed by atoms with Crippen LogP contribution in [0, 0.1) is 5.92 Å². The van der Waals surface area contributed by atoms with Crippen molar-refractivity contribution in [3.05, 3.63) is 35.6 Å². The maximum absolute atomic E-state index is 12.5. The Labute approximate surface area is 133 Å². The first-order valence-corrected chi connectivity index (χ1v) is 8.51. The molecule has 5 nitrogen and oxygen atoms in total. The molecular formula is C16H18N4OS. The average Bonchev–Trinajstić information content (AvgIpc) is 3.07. The van der Waals surface area contributed by atoms with Crippen LogP contribution in [0.25, 0.3) is 10.6 Å². The van der Waals surface area contributed by atoms with E-state index in [1.165, 1.54) is 37.3 Å². The van der Waals surface area contributed by atoms with Crippen LogP contribution in [0.4, 0.5) is 0 Å². The summed E-state index contributed by atoms with van der Waals surface area (Å²) in [5.41, 5.74) is 0.953. The Balaban J connectivity index is 1.46. The van der Waals surface area contributed by atoms with Gasteiger partial charge >= 0.3 is 0 Å². The summed E-state index contributed by atoms with van der Waals surface area (Å²) in [4.78, 5) is 24.0. The lowest BCUT2D eigenvalue weighted by molar-refractivity contribution is 0.0622. The third kappa shape index (κ3) is 2.64. The first kappa shape index (κ1) is 13.8. The Hall–Kier alpha value is -1.79. The van der Waals surface area contributed by atoms with Crippen molar-refractivity contribution >= 4 is 17.2 Å². The molecule has 2 aromatic rings. The number of amides is 1. The number of rotatable bonds is 3. The van der Waals surface area contributed by atoms with E-state index >= 15 is 0 Å². The van der Waals surface area contributed by atoms with Gasteiger partial charge in [-0.05, 0) is 44.0 Å². The topological polar surface area (TPSA) is 58.1 Å². The average molecular weight is 314 g/mol. The number of thiazole rings is 1. The first-order chi connectivity index (χ1) is 10.8. The maximum atomic E-state index is 12.5. The molecule has 3 aliphatic heterocycles. The molecule has 22 heavy (non-hydrogen) atoms. The standard InChI is InChI=1S/C16H18N4OS/c21-15(19-13-10-20-6-3-11(13)4-7-20)14-9-18-16(22-14)12-2-1-5-17-8-12/h1-2,5,8-9,11,13H,3-4,6-7,10H2,(H,19,21)/t13-/m0/s1. The zero-order valence-electron chi connectivity index (χ0n) is 12.2. The first-order valence-electron chi connectivity index (χ1n) is 7.69. The van der Waals surface area contributed by atoms with Crippen molar-refractivity contribution in [1.82, 2.24) is 20.2 Å². The number of nitrogens with one attached hydrogen (secondary N) is 1. The lowest BCUT2D eigenvalue weighted by Crippen LogP contribution is -2.57. The second kappa shape index (κ2) is 5.78. The van der Waals surface area contributed by atoms with Gasteiger partial charge in [0.2, 0.25) is 0 Å². The summed E-state index contributed by atoms with van der Waals surface area (Å²) in [6.07, 6.45) is 7.58. The van der Waals surface area contributed by atoms with Gasteiger partial charge in [0.05, 0.1) is 6.20 Å². The van der Waals surface area contributed by atoms with E-state index in [1.807, 2.05) is 12.1 Å². The number of nitrogens with zero attached hydrogens (tertiary/aromatic N) is 3. The highest BCUT2D eigenvalue weighted by Gasteiger charge is 2.35. The minimum absolute atomic E-state index is 0.00592. The Kier molecular flexibility index (Phi) is 3.63. The van der Waals surface area contributed by atoms with Crippen LogP contribution in [0.3, 0.4) is 0 Å². The van der Waals surface area contributed by atoms with Crippen LogP contribution in [-0.4, -0.2) is 46.5 Å². The van der Waals surface area contributed by atoms with Crippen molar-refractivity contribution in [2.24, 2.45) is 5.92 Å². The van der Waals surface area contributed by atoms with Gasteiger partial charge < -0.3 is 10.2 Å². The van der Waals surface area contributed by atoms with Gasteiger partial charge in [0.15, 0.2) is 0 Å². The number of fused-ring (bicyclic) bond motifs is 3. The van der Waals surface area contributed by atoms with Crippen LogP contribution in [0.2, 0.25) is 0 Å². The van der Waals surface area contributed by atoms with Crippen LogP contribution in [0.5, 0.6) is 0 Å². The van der Waals surface area contributed by atoms with E-state index in [2.05, 4.69) is 20.2 Å². The third-order valence-electron chi connectivity index (χ3n) is 4.61. The Morgan fingerprint density at radius 2 is 2.18 bits per heavy atom. The molecule has 3 aliphatic rings. The van der Waals surface area contributed by atoms with E-state index < -0.39 is 0 Å². The zero-order valence-corrected chi connectivity index (χ0v) is 13.1. The number of aromatic nitrogens is 2. The molecule has 5 heterocycles. The summed E-state index contributed by atoms with van der Waals surface area (Å²) in [6, 6.07) is 4.13. The molecule has 1 atom stereocenters. The summed E-state index contributed by atoms with van der Waals surface area (Å²) in [5.74, 6) is 0.644. The number of hydrogen-bond acceptors (Lipinski definition) is 5. The normalized spacial score (nSPS) is 26.8. The summed E-state index contributed by atoms with van der Waals surface area (Å²) in [7, 11) is 0. The lowest BCUT2D eigenvalue weighted by Gasteiger charge is -2.44. The van der Waals surface area contributed by atoms with E-state index in [1.54, 1.807) is 18.6 Å². The smallest absolute Gasteiger partial charge is 0.263 e. The largest absolute Gasteiger partial charge is 0.347 e. The molecule has 0 saturated carbocycles. The molecule has 0 spiro atoms. The van der Waals surface area contributed by atoms with Gasteiger partial charge in [0, 0.05) is 30.5 Å². The molecule has 3 fully saturated rings. The highest BCUT2D eigenvalue weighted by molar-refractivity contribution is 7.16. The molecule has 5 rings (SSSR count). The van der Waals surface area contributed by atoms with Gasteiger partial charge in [0.1, 0.15) is 9.88 Å². The Morgan fingerprint density at radius 3 is 2.86 bits per heavy atom. The minimum atomic E-state index is 0.00592. The highest BCUT2D eigenvalue weighted by atomic mass is 32.1. The van der Waals surface area contributed by atoms with Crippen LogP contribution in [0.15, 0.2) is 30.7 Å². The summed E-state index contributed by atoms with van der Waals surface area (Å²) in [5, 5.41) is 4.05. The summed E-state index contributed by atoms with van der Waals surface area (Å²) in [6.45, 7) is 3.36. The molecule has 6 heteroatoms. The fourth-order valence-corrected chi connectivity index (χ4v) is 4.18. The van der Waals surface area contributed by atoms with Crippen molar-refractivity contribution in [3.63, 3.8) is 0 Å². The van der Waals surface area contributed by atoms with Crippen LogP contribution in [-0.2, 0) is 0 Å². The van der Waals surface area contributed by atoms with E-state index in [9.17, 15) is 4.79 Å². The molecule has 0 aromatic carbocycles. The van der Waals surface area contributed by atoms with Crippen molar-refractivity contribution in [1.29, 1.82) is 0 Å². The maximum Gasteiger partial charge on any atom is 0.263 e. The van der Waals surface area contributed by atoms with Crippen molar-refractivity contribution in [2.45, 2.75) is 18.9 Å². The van der Waals surface area contributed by atoms with Crippen molar-refractivity contribution < 1.29 is 4.79 Å². The molecule has 114 valence electrons. The van der Waals surface area contributed by atoms with E-state index in [0.717, 1.165) is 17.1 Å². The molecule has 1 amide bonds. The number of carbonyl (C=O) groups is 1. The molecule has 0 aliphatic carbocycles. The van der Waals surface area contributed by atoms with Gasteiger partial charge in [-0.3, -0.25) is 9.78 Å². The molecule has 1 N–H and O–H groups in total. The van der Waals surface area contributed by atoms with Gasteiger partial charge in [-0.2, -0.15) is 0 Å². The van der Waals surface area contributed by atoms with Crippen LogP contribution >= 0.6 is 11.3 Å². The quantitative estimate of drug-likeness (QED) is 0.942. The second-order valence-electron chi connectivity index (χ2n) is 5.99. The van der Waals surface area contributed by atoms with Gasteiger partial charge in [-0.25, -0.2) is 4.98 Å². The predicted molar refractivity (Wildman–Crippen MR) is 85.8 cm³/mol. The van der Waals surface area contributed by atoms with Crippen molar-refractivity contribution in [3.8, 4) is 10.6 Å². The van der Waals surface area contributed by atoms with E-state index in [-0.39, 0.29) is 5.91 Å². The second-order valence-corrected chi connectivity index (χ2v) is 7.02. The molecule has 3 saturated heterocycles. The molecule has 0 radical (unpaired) electrons. The van der Waals surface area contributed by atoms with E-state index in [0.29, 0.717) is 16.8 Å². The fraction of sp³-hybridized carbons (Fsp3) is 0.438. The summed E-state index contributed by atoms with van der Waals surface area (Å²) < 4.78 is 0. The molecule has 2 bridgehead atoms. The number of pyridine rings is 1.